The van der Waals surface area contributed by atoms with Crippen molar-refractivity contribution in [2.24, 2.45) is 5.92 Å². The van der Waals surface area contributed by atoms with Crippen LogP contribution >= 0.6 is 11.8 Å². The molecule has 0 radical (unpaired) electrons. The molecule has 0 aromatic heterocycles. The van der Waals surface area contributed by atoms with Gasteiger partial charge in [0.05, 0.1) is 11.3 Å². The van der Waals surface area contributed by atoms with Crippen LogP contribution in [0.2, 0.25) is 0 Å². The number of carbonyl (C=O) groups is 1. The number of thioether (sulfide) groups is 1. The Labute approximate surface area is 123 Å². The summed E-state index contributed by atoms with van der Waals surface area (Å²) in [7, 11) is 0. The highest BCUT2D eigenvalue weighted by Crippen LogP contribution is 2.50. The molecule has 3 atom stereocenters. The van der Waals surface area contributed by atoms with Crippen LogP contribution in [0.4, 0.5) is 0 Å². The van der Waals surface area contributed by atoms with Crippen molar-refractivity contribution in [1.29, 1.82) is 0 Å². The number of hydrogen-bond acceptors (Lipinski definition) is 3. The number of amides is 1. The summed E-state index contributed by atoms with van der Waals surface area (Å²) >= 11 is 1.88. The van der Waals surface area contributed by atoms with Crippen molar-refractivity contribution in [3.63, 3.8) is 0 Å². The number of fused-ring (bicyclic) bond motifs is 2. The van der Waals surface area contributed by atoms with E-state index < -0.39 is 0 Å². The van der Waals surface area contributed by atoms with E-state index in [1.165, 1.54) is 22.5 Å². The van der Waals surface area contributed by atoms with Gasteiger partial charge in [-0.3, -0.25) is 10.1 Å². The largest absolute Gasteiger partial charge is 0.336 e. The van der Waals surface area contributed by atoms with E-state index in [0.717, 1.165) is 18.4 Å². The van der Waals surface area contributed by atoms with E-state index in [1.807, 2.05) is 11.8 Å². The lowest BCUT2D eigenvalue weighted by molar-refractivity contribution is -0.127. The van der Waals surface area contributed by atoms with E-state index in [4.69, 9.17) is 0 Å². The van der Waals surface area contributed by atoms with Crippen LogP contribution in [0.3, 0.4) is 0 Å². The maximum atomic E-state index is 12.5. The second kappa shape index (κ2) is 4.64. The van der Waals surface area contributed by atoms with Gasteiger partial charge in [0, 0.05) is 0 Å². The van der Waals surface area contributed by atoms with Crippen LogP contribution in [0.25, 0.3) is 0 Å². The Morgan fingerprint density at radius 1 is 1.20 bits per heavy atom. The van der Waals surface area contributed by atoms with Gasteiger partial charge in [0.15, 0.2) is 0 Å². The average Bonchev–Trinajstić information content (AvgIpc) is 2.99. The molecule has 0 bridgehead atoms. The van der Waals surface area contributed by atoms with Crippen molar-refractivity contribution < 1.29 is 4.79 Å². The lowest BCUT2D eigenvalue weighted by atomic mass is 9.94. The van der Waals surface area contributed by atoms with Crippen LogP contribution in [-0.4, -0.2) is 11.3 Å². The standard InChI is InChI=1S/C16H18N2OS/c1-9-5-7-10(8-6-9)14-17-15(19)13-11-3-2-4-12(11)20-16(13)18-14/h5-8,13-14,16,18H,2-4H2,1H3,(H,17,19). The SMILES string of the molecule is Cc1ccc(C2NC(=O)C3C4=C(CCC4)SC3N2)cc1. The highest BCUT2D eigenvalue weighted by molar-refractivity contribution is 8.04. The Morgan fingerprint density at radius 3 is 2.80 bits per heavy atom. The van der Waals surface area contributed by atoms with Gasteiger partial charge in [-0.25, -0.2) is 0 Å². The third-order valence-corrected chi connectivity index (χ3v) is 5.88. The number of hydrogen-bond donors (Lipinski definition) is 2. The fourth-order valence-corrected chi connectivity index (χ4v) is 4.99. The lowest BCUT2D eigenvalue weighted by Gasteiger charge is -2.35. The molecule has 2 heterocycles. The first-order valence-corrected chi connectivity index (χ1v) is 8.12. The third-order valence-electron chi connectivity index (χ3n) is 4.47. The van der Waals surface area contributed by atoms with Gasteiger partial charge in [-0.05, 0) is 42.2 Å². The number of carbonyl (C=O) groups excluding carboxylic acids is 1. The fourth-order valence-electron chi connectivity index (χ4n) is 3.41. The Kier molecular flexibility index (Phi) is 2.89. The maximum absolute atomic E-state index is 12.5. The Morgan fingerprint density at radius 2 is 2.00 bits per heavy atom. The maximum Gasteiger partial charge on any atom is 0.231 e. The van der Waals surface area contributed by atoms with Crippen LogP contribution < -0.4 is 10.6 Å². The summed E-state index contributed by atoms with van der Waals surface area (Å²) in [6, 6.07) is 8.37. The molecule has 4 heteroatoms. The first-order chi connectivity index (χ1) is 9.72. The van der Waals surface area contributed by atoms with Crippen LogP contribution in [-0.2, 0) is 4.79 Å². The van der Waals surface area contributed by atoms with Crippen LogP contribution in [0.5, 0.6) is 0 Å². The van der Waals surface area contributed by atoms with Gasteiger partial charge in [-0.15, -0.1) is 11.8 Å². The molecule has 4 rings (SSSR count). The number of benzene rings is 1. The second-order valence-electron chi connectivity index (χ2n) is 5.84. The van der Waals surface area contributed by atoms with E-state index in [2.05, 4.69) is 41.8 Å². The van der Waals surface area contributed by atoms with Crippen LogP contribution in [0.1, 0.15) is 36.6 Å². The van der Waals surface area contributed by atoms with Gasteiger partial charge >= 0.3 is 0 Å². The molecule has 3 aliphatic rings. The monoisotopic (exact) mass is 286 g/mol. The highest BCUT2D eigenvalue weighted by Gasteiger charge is 2.45. The summed E-state index contributed by atoms with van der Waals surface area (Å²) < 4.78 is 0. The molecule has 1 amide bonds. The number of allylic oxidation sites excluding steroid dienone is 1. The quantitative estimate of drug-likeness (QED) is 0.834. The van der Waals surface area contributed by atoms with E-state index in [0.29, 0.717) is 0 Å². The molecular weight excluding hydrogens is 268 g/mol. The van der Waals surface area contributed by atoms with Crippen molar-refractivity contribution in [3.05, 3.63) is 45.9 Å². The minimum absolute atomic E-state index is 0.0548. The molecule has 3 nitrogen and oxygen atoms in total. The van der Waals surface area contributed by atoms with Gasteiger partial charge in [0.1, 0.15) is 6.17 Å². The second-order valence-corrected chi connectivity index (χ2v) is 7.07. The predicted molar refractivity (Wildman–Crippen MR) is 80.9 cm³/mol. The molecule has 0 spiro atoms. The molecule has 1 aromatic rings. The Balaban J connectivity index is 1.58. The fraction of sp³-hybridized carbons (Fsp3) is 0.438. The van der Waals surface area contributed by atoms with E-state index in [-0.39, 0.29) is 23.4 Å². The molecule has 2 N–H and O–H groups in total. The van der Waals surface area contributed by atoms with Gasteiger partial charge in [0.25, 0.3) is 0 Å². The summed E-state index contributed by atoms with van der Waals surface area (Å²) in [5.41, 5.74) is 3.77. The van der Waals surface area contributed by atoms with Crippen molar-refractivity contribution >= 4 is 17.7 Å². The normalized spacial score (nSPS) is 32.0. The van der Waals surface area contributed by atoms with E-state index in [1.54, 1.807) is 0 Å². The average molecular weight is 286 g/mol. The molecular formula is C16H18N2OS. The van der Waals surface area contributed by atoms with Crippen molar-refractivity contribution in [2.75, 3.05) is 0 Å². The highest BCUT2D eigenvalue weighted by atomic mass is 32.2. The molecule has 104 valence electrons. The van der Waals surface area contributed by atoms with Crippen molar-refractivity contribution in [1.82, 2.24) is 10.6 Å². The summed E-state index contributed by atoms with van der Waals surface area (Å²) in [5.74, 6) is 0.248. The number of aryl methyl sites for hydroxylation is 1. The molecule has 20 heavy (non-hydrogen) atoms. The van der Waals surface area contributed by atoms with Crippen molar-refractivity contribution in [3.8, 4) is 0 Å². The summed E-state index contributed by atoms with van der Waals surface area (Å²) in [6.45, 7) is 2.08. The first kappa shape index (κ1) is 12.5. The molecule has 0 saturated carbocycles. The smallest absolute Gasteiger partial charge is 0.231 e. The molecule has 1 fully saturated rings. The zero-order valence-electron chi connectivity index (χ0n) is 11.5. The molecule has 2 aliphatic heterocycles. The number of rotatable bonds is 1. The molecule has 1 aromatic carbocycles. The zero-order valence-corrected chi connectivity index (χ0v) is 12.3. The molecule has 1 aliphatic carbocycles. The minimum atomic E-state index is -0.0584. The molecule has 1 saturated heterocycles. The summed E-state index contributed by atoms with van der Waals surface area (Å²) in [6.07, 6.45) is 3.43. The molecule has 3 unspecified atom stereocenters. The third kappa shape index (κ3) is 1.90. The van der Waals surface area contributed by atoms with Gasteiger partial charge < -0.3 is 5.32 Å². The van der Waals surface area contributed by atoms with E-state index >= 15 is 0 Å². The van der Waals surface area contributed by atoms with Gasteiger partial charge in [-0.1, -0.05) is 29.8 Å². The van der Waals surface area contributed by atoms with Gasteiger partial charge in [0.2, 0.25) is 5.91 Å². The topological polar surface area (TPSA) is 41.1 Å². The van der Waals surface area contributed by atoms with E-state index in [9.17, 15) is 4.79 Å². The van der Waals surface area contributed by atoms with Crippen LogP contribution in [0, 0.1) is 12.8 Å². The minimum Gasteiger partial charge on any atom is -0.336 e. The number of nitrogens with one attached hydrogen (secondary N) is 2. The first-order valence-electron chi connectivity index (χ1n) is 7.24. The zero-order chi connectivity index (χ0) is 13.7. The Hall–Kier alpha value is -1.26. The van der Waals surface area contributed by atoms with Crippen molar-refractivity contribution in [2.45, 2.75) is 37.7 Å². The summed E-state index contributed by atoms with van der Waals surface area (Å²) in [5, 5.41) is 6.96. The van der Waals surface area contributed by atoms with Crippen LogP contribution in [0.15, 0.2) is 34.7 Å². The lowest BCUT2D eigenvalue weighted by Crippen LogP contribution is -2.54. The Bertz CT molecular complexity index is 593. The predicted octanol–water partition coefficient (Wildman–Crippen LogP) is 2.84. The van der Waals surface area contributed by atoms with Gasteiger partial charge in [-0.2, -0.15) is 0 Å². The summed E-state index contributed by atoms with van der Waals surface area (Å²) in [4.78, 5) is 13.9.